The van der Waals surface area contributed by atoms with Gasteiger partial charge in [0.1, 0.15) is 36.1 Å². The van der Waals surface area contributed by atoms with E-state index in [1.165, 1.54) is 23.9 Å². The van der Waals surface area contributed by atoms with Crippen molar-refractivity contribution >= 4 is 41.0 Å². The number of β-lactam (4-membered cyclic amide) rings is 1. The number of aliphatic carboxylic acids is 1. The van der Waals surface area contributed by atoms with Crippen LogP contribution in [-0.4, -0.2) is 83.2 Å². The number of rotatable bonds is 16. The van der Waals surface area contributed by atoms with E-state index in [0.717, 1.165) is 37.7 Å². The molecule has 276 valence electrons. The zero-order chi connectivity index (χ0) is 36.6. The molecule has 1 unspecified atom stereocenters. The molecule has 0 bridgehead atoms. The number of Topliss-reactive ketones (excluding diaryl/α,β-unsaturated/α-hetero) is 1. The number of aliphatic hydroxyl groups excluding tert-OH is 1. The normalized spacial score (nSPS) is 19.7. The average Bonchev–Trinajstić information content (AvgIpc) is 3.16. The first kappa shape index (κ1) is 37.1. The van der Waals surface area contributed by atoms with Gasteiger partial charge in [-0.3, -0.25) is 19.2 Å². The smallest absolute Gasteiger partial charge is 0.321 e. The number of carbonyl (C=O) groups is 4. The highest BCUT2D eigenvalue weighted by molar-refractivity contribution is 8.00. The molecule has 2 aliphatic heterocycles. The minimum atomic E-state index is -1.09. The molecule has 2 heterocycles. The summed E-state index contributed by atoms with van der Waals surface area (Å²) in [7, 11) is 0. The van der Waals surface area contributed by atoms with E-state index in [4.69, 9.17) is 14.2 Å². The first-order chi connectivity index (χ1) is 25.2. The molecule has 52 heavy (non-hydrogen) atoms. The van der Waals surface area contributed by atoms with Gasteiger partial charge in [0.05, 0.1) is 18.7 Å². The molecule has 3 aromatic rings. The summed E-state index contributed by atoms with van der Waals surface area (Å²) < 4.78 is 30.6. The Labute approximate surface area is 305 Å². The Balaban J connectivity index is 1.03. The van der Waals surface area contributed by atoms with Crippen molar-refractivity contribution in [1.29, 1.82) is 0 Å². The number of nitrogens with one attached hydrogen (secondary N) is 2. The van der Waals surface area contributed by atoms with Crippen molar-refractivity contribution < 1.29 is 48.0 Å². The lowest BCUT2D eigenvalue weighted by atomic mass is 9.92. The number of amides is 2. The molecule has 12 nitrogen and oxygen atoms in total. The highest BCUT2D eigenvalue weighted by Gasteiger charge is 2.49. The summed E-state index contributed by atoms with van der Waals surface area (Å²) in [4.78, 5) is 51.7. The number of hydrogen-bond donors (Lipinski definition) is 4. The van der Waals surface area contributed by atoms with Gasteiger partial charge in [0.25, 0.3) is 5.91 Å². The molecule has 1 aliphatic carbocycles. The number of ether oxygens (including phenoxy) is 3. The van der Waals surface area contributed by atoms with Crippen LogP contribution in [0.3, 0.4) is 0 Å². The summed E-state index contributed by atoms with van der Waals surface area (Å²) in [5.41, 5.74) is 1.94. The molecule has 0 radical (unpaired) electrons. The van der Waals surface area contributed by atoms with Gasteiger partial charge >= 0.3 is 5.97 Å². The molecule has 1 saturated carbocycles. The lowest BCUT2D eigenvalue weighted by Crippen LogP contribution is -2.57. The molecule has 0 aromatic heterocycles. The molecule has 3 aliphatic rings. The summed E-state index contributed by atoms with van der Waals surface area (Å²) in [6.45, 7) is 0.205. The maximum absolute atomic E-state index is 13.7. The summed E-state index contributed by atoms with van der Waals surface area (Å²) in [6, 6.07) is 16.5. The van der Waals surface area contributed by atoms with E-state index in [0.29, 0.717) is 41.7 Å². The molecular weight excluding hydrogens is 693 g/mol. The van der Waals surface area contributed by atoms with Crippen molar-refractivity contribution in [3.8, 4) is 17.2 Å². The Morgan fingerprint density at radius 3 is 2.38 bits per heavy atom. The lowest BCUT2D eigenvalue weighted by Gasteiger charge is -2.47. The SMILES string of the molecule is O=C(CNC(=O)COc1ccc([C@@H]2[C@@H](SCC(O)c3ccc4c(c3)OCCO4)C(=O)N2c2ccc(F)cc2)cc1)C[C@@H](NC1CCCCC1)C(=O)O. The molecule has 0 spiro atoms. The van der Waals surface area contributed by atoms with Gasteiger partial charge in [0, 0.05) is 23.9 Å². The third-order valence-electron chi connectivity index (χ3n) is 9.38. The van der Waals surface area contributed by atoms with Crippen LogP contribution in [0.5, 0.6) is 17.2 Å². The van der Waals surface area contributed by atoms with Crippen LogP contribution in [0.4, 0.5) is 10.1 Å². The second kappa shape index (κ2) is 17.2. The third-order valence-corrected chi connectivity index (χ3v) is 10.7. The van der Waals surface area contributed by atoms with E-state index in [-0.39, 0.29) is 37.3 Å². The fourth-order valence-corrected chi connectivity index (χ4v) is 7.93. The van der Waals surface area contributed by atoms with E-state index in [9.17, 15) is 33.8 Å². The number of carboxylic acid groups (broad SMARTS) is 1. The third kappa shape index (κ3) is 9.22. The number of fused-ring (bicyclic) bond motifs is 1. The Morgan fingerprint density at radius 2 is 1.67 bits per heavy atom. The molecule has 3 aromatic carbocycles. The number of carboxylic acids is 1. The number of thioether (sulfide) groups is 1. The number of nitrogens with zero attached hydrogens (tertiary/aromatic N) is 1. The molecule has 2 amide bonds. The number of aliphatic hydroxyl groups is 1. The number of benzene rings is 3. The quantitative estimate of drug-likeness (QED) is 0.155. The number of ketones is 1. The van der Waals surface area contributed by atoms with Gasteiger partial charge in [-0.25, -0.2) is 4.39 Å². The monoisotopic (exact) mass is 735 g/mol. The van der Waals surface area contributed by atoms with Gasteiger partial charge in [0.15, 0.2) is 23.9 Å². The zero-order valence-corrected chi connectivity index (χ0v) is 29.3. The molecule has 14 heteroatoms. The maximum atomic E-state index is 13.7. The van der Waals surface area contributed by atoms with E-state index < -0.39 is 46.9 Å². The Morgan fingerprint density at radius 1 is 0.962 bits per heavy atom. The van der Waals surface area contributed by atoms with Gasteiger partial charge in [-0.15, -0.1) is 11.8 Å². The Bertz CT molecular complexity index is 1740. The summed E-state index contributed by atoms with van der Waals surface area (Å²) in [6.07, 6.45) is 3.84. The van der Waals surface area contributed by atoms with Crippen LogP contribution >= 0.6 is 11.8 Å². The highest BCUT2D eigenvalue weighted by Crippen LogP contribution is 2.46. The van der Waals surface area contributed by atoms with Gasteiger partial charge in [0.2, 0.25) is 5.91 Å². The van der Waals surface area contributed by atoms with Crippen LogP contribution in [0, 0.1) is 5.82 Å². The lowest BCUT2D eigenvalue weighted by molar-refractivity contribution is -0.141. The van der Waals surface area contributed by atoms with Crippen LogP contribution < -0.4 is 29.7 Å². The van der Waals surface area contributed by atoms with E-state index >= 15 is 0 Å². The molecule has 4 atom stereocenters. The average molecular weight is 736 g/mol. The van der Waals surface area contributed by atoms with E-state index in [1.54, 1.807) is 59.5 Å². The fraction of sp³-hybridized carbons (Fsp3) is 0.421. The van der Waals surface area contributed by atoms with E-state index in [1.807, 2.05) is 0 Å². The molecular formula is C38H42FN3O9S. The number of anilines is 1. The molecule has 6 rings (SSSR count). The van der Waals surface area contributed by atoms with Gasteiger partial charge < -0.3 is 40.0 Å². The van der Waals surface area contributed by atoms with Gasteiger partial charge in [-0.2, -0.15) is 0 Å². The second-order valence-corrected chi connectivity index (χ2v) is 14.2. The summed E-state index contributed by atoms with van der Waals surface area (Å²) >= 11 is 1.32. The maximum Gasteiger partial charge on any atom is 0.321 e. The Hall–Kier alpha value is -4.66. The largest absolute Gasteiger partial charge is 0.486 e. The van der Waals surface area contributed by atoms with Crippen LogP contribution in [0.1, 0.15) is 61.8 Å². The van der Waals surface area contributed by atoms with Crippen molar-refractivity contribution in [3.63, 3.8) is 0 Å². The number of hydrogen-bond acceptors (Lipinski definition) is 10. The summed E-state index contributed by atoms with van der Waals surface area (Å²) in [5, 5.41) is 25.6. The zero-order valence-electron chi connectivity index (χ0n) is 28.5. The second-order valence-electron chi connectivity index (χ2n) is 13.1. The van der Waals surface area contributed by atoms with E-state index in [2.05, 4.69) is 10.6 Å². The molecule has 1 saturated heterocycles. The molecule has 2 fully saturated rings. The first-order valence-electron chi connectivity index (χ1n) is 17.4. The van der Waals surface area contributed by atoms with Gasteiger partial charge in [-0.1, -0.05) is 37.5 Å². The van der Waals surface area contributed by atoms with Crippen LogP contribution in [0.25, 0.3) is 0 Å². The number of carbonyl (C=O) groups excluding carboxylic acids is 3. The first-order valence-corrected chi connectivity index (χ1v) is 18.5. The van der Waals surface area contributed by atoms with Crippen LogP contribution in [0.2, 0.25) is 0 Å². The van der Waals surface area contributed by atoms with Crippen molar-refractivity contribution in [2.24, 2.45) is 0 Å². The standard InChI is InChI=1S/C38H42FN3O9S/c39-25-9-11-27(12-10-25)42-35(36(37(42)46)52-22-31(44)24-8-15-32-33(18-24)50-17-16-49-32)23-6-13-29(14-7-23)51-21-34(45)40-20-28(43)19-30(38(47)48)41-26-4-2-1-3-5-26/h6-15,18,26,30-31,35-36,41,44H,1-5,16-17,19-22H2,(H,40,45)(H,47,48)/t30-,31?,35-,36-/m1/s1. The number of halogens is 1. The Kier molecular flexibility index (Phi) is 12.3. The van der Waals surface area contributed by atoms with Crippen molar-refractivity contribution in [2.45, 2.75) is 68.0 Å². The predicted octanol–water partition coefficient (Wildman–Crippen LogP) is 4.35. The molecule has 4 N–H and O–H groups in total. The van der Waals surface area contributed by atoms with Crippen molar-refractivity contribution in [2.75, 3.05) is 37.0 Å². The van der Waals surface area contributed by atoms with Gasteiger partial charge in [-0.05, 0) is 72.5 Å². The fourth-order valence-electron chi connectivity index (χ4n) is 6.63. The topological polar surface area (TPSA) is 164 Å². The van der Waals surface area contributed by atoms with Crippen LogP contribution in [0.15, 0.2) is 66.7 Å². The van der Waals surface area contributed by atoms with Crippen molar-refractivity contribution in [1.82, 2.24) is 10.6 Å². The predicted molar refractivity (Wildman–Crippen MR) is 191 cm³/mol. The van der Waals surface area contributed by atoms with Crippen LogP contribution in [-0.2, 0) is 19.2 Å². The minimum Gasteiger partial charge on any atom is -0.486 e. The minimum absolute atomic E-state index is 0.0716. The van der Waals surface area contributed by atoms with Crippen molar-refractivity contribution in [3.05, 3.63) is 83.7 Å². The highest BCUT2D eigenvalue weighted by atomic mass is 32.2. The summed E-state index contributed by atoms with van der Waals surface area (Å²) in [5.74, 6) is -0.845.